The first-order valence-electron chi connectivity index (χ1n) is 9.99. The number of rotatable bonds is 4. The van der Waals surface area contributed by atoms with Crippen molar-refractivity contribution in [1.29, 1.82) is 0 Å². The third kappa shape index (κ3) is 3.15. The van der Waals surface area contributed by atoms with Crippen molar-refractivity contribution in [1.82, 2.24) is 24.5 Å². The van der Waals surface area contributed by atoms with Crippen LogP contribution in [0.5, 0.6) is 0 Å². The molecule has 0 saturated carbocycles. The van der Waals surface area contributed by atoms with Gasteiger partial charge in [0.1, 0.15) is 12.4 Å². The highest BCUT2D eigenvalue weighted by Gasteiger charge is 2.28. The van der Waals surface area contributed by atoms with Crippen molar-refractivity contribution >= 4 is 23.0 Å². The molecule has 0 amide bonds. The Bertz CT molecular complexity index is 1350. The topological polar surface area (TPSA) is 60.6 Å². The van der Waals surface area contributed by atoms with Crippen molar-refractivity contribution in [2.75, 3.05) is 5.32 Å². The summed E-state index contributed by atoms with van der Waals surface area (Å²) in [6.07, 6.45) is 5.89. The average Bonchev–Trinajstić information content (AvgIpc) is 3.60. The summed E-state index contributed by atoms with van der Waals surface area (Å²) in [6.45, 7) is 0. The van der Waals surface area contributed by atoms with Crippen molar-refractivity contribution in [2.45, 2.75) is 6.04 Å². The molecule has 0 saturated heterocycles. The van der Waals surface area contributed by atoms with Crippen LogP contribution in [0.2, 0.25) is 0 Å². The lowest BCUT2D eigenvalue weighted by Gasteiger charge is -2.23. The largest absolute Gasteiger partial charge is 0.323 e. The van der Waals surface area contributed by atoms with E-state index in [1.54, 1.807) is 17.7 Å². The fourth-order valence-corrected chi connectivity index (χ4v) is 4.57. The molecule has 31 heavy (non-hydrogen) atoms. The monoisotopic (exact) mass is 422 g/mol. The van der Waals surface area contributed by atoms with Gasteiger partial charge in [0.05, 0.1) is 22.0 Å². The minimum absolute atomic E-state index is 0.136. The molecular formula is C24H18N6S. The predicted octanol–water partition coefficient (Wildman–Crippen LogP) is 5.25. The Morgan fingerprint density at radius 1 is 0.903 bits per heavy atom. The molecule has 2 aromatic carbocycles. The summed E-state index contributed by atoms with van der Waals surface area (Å²) in [6, 6.07) is 24.5. The number of allylic oxidation sites excluding steroid dienone is 1. The van der Waals surface area contributed by atoms with Crippen LogP contribution in [-0.2, 0) is 0 Å². The molecular weight excluding hydrogens is 404 g/mol. The molecule has 0 radical (unpaired) electrons. The van der Waals surface area contributed by atoms with Gasteiger partial charge in [-0.1, -0.05) is 54.6 Å². The highest BCUT2D eigenvalue weighted by atomic mass is 32.1. The first-order valence-corrected chi connectivity index (χ1v) is 10.9. The molecule has 0 aliphatic carbocycles. The summed E-state index contributed by atoms with van der Waals surface area (Å²) in [4.78, 5) is 5.60. The minimum Gasteiger partial charge on any atom is -0.323 e. The zero-order valence-electron chi connectivity index (χ0n) is 16.5. The van der Waals surface area contributed by atoms with Crippen LogP contribution in [-0.4, -0.2) is 24.5 Å². The van der Waals surface area contributed by atoms with E-state index < -0.39 is 0 Å². The molecule has 6 rings (SSSR count). The Balaban J connectivity index is 1.56. The van der Waals surface area contributed by atoms with Gasteiger partial charge in [-0.15, -0.1) is 11.3 Å². The van der Waals surface area contributed by atoms with Crippen LogP contribution in [0, 0.1) is 0 Å². The van der Waals surface area contributed by atoms with Crippen molar-refractivity contribution in [2.24, 2.45) is 0 Å². The molecule has 1 aliphatic rings. The normalized spacial score (nSPS) is 15.2. The van der Waals surface area contributed by atoms with E-state index in [2.05, 4.69) is 69.5 Å². The van der Waals surface area contributed by atoms with Crippen molar-refractivity contribution in [3.05, 3.63) is 107 Å². The summed E-state index contributed by atoms with van der Waals surface area (Å²) >= 11 is 1.70. The Labute approximate surface area is 183 Å². The molecule has 0 unspecified atom stereocenters. The van der Waals surface area contributed by atoms with Gasteiger partial charge in [-0.2, -0.15) is 15.2 Å². The van der Waals surface area contributed by atoms with Crippen LogP contribution in [0.25, 0.3) is 22.6 Å². The summed E-state index contributed by atoms with van der Waals surface area (Å²) < 4.78 is 3.85. The van der Waals surface area contributed by atoms with Gasteiger partial charge in [0.2, 0.25) is 5.95 Å². The maximum Gasteiger partial charge on any atom is 0.226 e. The fraction of sp³-hybridized carbons (Fsp3) is 0.0417. The molecule has 5 aromatic rings. The standard InChI is InChI=1S/C24H18N6S/c1-3-8-17(9-4-1)23-19(15-29(28-23)18-10-5-2-6-11-18)21-14-20(22-12-7-13-31-22)27-24-25-16-26-30(21)24/h1-16,21H,(H,25,26,27)/t21-/m1/s1. The van der Waals surface area contributed by atoms with Gasteiger partial charge in [0, 0.05) is 17.3 Å². The number of aromatic nitrogens is 5. The van der Waals surface area contributed by atoms with Gasteiger partial charge < -0.3 is 5.32 Å². The summed E-state index contributed by atoms with van der Waals surface area (Å²) in [5, 5.41) is 15.0. The number of hydrogen-bond acceptors (Lipinski definition) is 5. The lowest BCUT2D eigenvalue weighted by atomic mass is 10.0. The van der Waals surface area contributed by atoms with Crippen LogP contribution in [0.3, 0.4) is 0 Å². The molecule has 7 heteroatoms. The minimum atomic E-state index is -0.136. The third-order valence-corrected chi connectivity index (χ3v) is 6.23. The van der Waals surface area contributed by atoms with Crippen molar-refractivity contribution in [3.63, 3.8) is 0 Å². The average molecular weight is 423 g/mol. The summed E-state index contributed by atoms with van der Waals surface area (Å²) in [5.74, 6) is 0.724. The Morgan fingerprint density at radius 3 is 2.48 bits per heavy atom. The molecule has 1 N–H and O–H groups in total. The molecule has 3 aromatic heterocycles. The number of hydrogen-bond donors (Lipinski definition) is 1. The first-order chi connectivity index (χ1) is 15.4. The summed E-state index contributed by atoms with van der Waals surface area (Å²) in [5.41, 5.74) is 5.11. The van der Waals surface area contributed by atoms with E-state index in [1.165, 1.54) is 0 Å². The third-order valence-electron chi connectivity index (χ3n) is 5.32. The molecule has 6 nitrogen and oxygen atoms in total. The Kier molecular flexibility index (Phi) is 4.25. The number of fused-ring (bicyclic) bond motifs is 1. The second kappa shape index (κ2) is 7.37. The van der Waals surface area contributed by atoms with Crippen molar-refractivity contribution < 1.29 is 0 Å². The van der Waals surface area contributed by atoms with E-state index in [1.807, 2.05) is 45.8 Å². The van der Waals surface area contributed by atoms with Gasteiger partial charge in [-0.05, 0) is 29.7 Å². The Morgan fingerprint density at radius 2 is 1.71 bits per heavy atom. The second-order valence-electron chi connectivity index (χ2n) is 7.23. The molecule has 0 bridgehead atoms. The van der Waals surface area contributed by atoms with Crippen molar-refractivity contribution in [3.8, 4) is 16.9 Å². The number of benzene rings is 2. The summed E-state index contributed by atoms with van der Waals surface area (Å²) in [7, 11) is 0. The maximum atomic E-state index is 4.98. The fourth-order valence-electron chi connectivity index (χ4n) is 3.87. The number of para-hydroxylation sites is 1. The number of nitrogens with zero attached hydrogens (tertiary/aromatic N) is 5. The first kappa shape index (κ1) is 17.9. The van der Waals surface area contributed by atoms with Gasteiger partial charge in [0.15, 0.2) is 0 Å². The number of thiophene rings is 1. The zero-order valence-corrected chi connectivity index (χ0v) is 17.3. The smallest absolute Gasteiger partial charge is 0.226 e. The predicted molar refractivity (Wildman–Crippen MR) is 123 cm³/mol. The van der Waals surface area contributed by atoms with E-state index in [0.29, 0.717) is 0 Å². The highest BCUT2D eigenvalue weighted by molar-refractivity contribution is 7.11. The lowest BCUT2D eigenvalue weighted by Crippen LogP contribution is -2.20. The number of nitrogens with one attached hydrogen (secondary N) is 1. The van der Waals surface area contributed by atoms with Gasteiger partial charge in [-0.25, -0.2) is 9.36 Å². The quantitative estimate of drug-likeness (QED) is 0.430. The molecule has 4 heterocycles. The van der Waals surface area contributed by atoms with Crippen LogP contribution in [0.15, 0.2) is 96.8 Å². The number of anilines is 1. The van der Waals surface area contributed by atoms with Crippen LogP contribution < -0.4 is 5.32 Å². The van der Waals surface area contributed by atoms with E-state index in [0.717, 1.165) is 39.0 Å². The van der Waals surface area contributed by atoms with E-state index in [9.17, 15) is 0 Å². The molecule has 150 valence electrons. The van der Waals surface area contributed by atoms with E-state index in [-0.39, 0.29) is 6.04 Å². The molecule has 1 atom stereocenters. The van der Waals surface area contributed by atoms with Gasteiger partial charge in [-0.3, -0.25) is 0 Å². The molecule has 1 aliphatic heterocycles. The highest BCUT2D eigenvalue weighted by Crippen LogP contribution is 2.37. The van der Waals surface area contributed by atoms with E-state index >= 15 is 0 Å². The van der Waals surface area contributed by atoms with Gasteiger partial charge in [0.25, 0.3) is 0 Å². The second-order valence-corrected chi connectivity index (χ2v) is 8.18. The molecule has 0 fully saturated rings. The van der Waals surface area contributed by atoms with Crippen LogP contribution in [0.4, 0.5) is 5.95 Å². The lowest BCUT2D eigenvalue weighted by molar-refractivity contribution is 0.613. The zero-order chi connectivity index (χ0) is 20.6. The SMILES string of the molecule is C1=C(c2cccs2)Nc2ncnn2[C@H]1c1cn(-c2ccccc2)nc1-c1ccccc1. The Hall–Kier alpha value is -3.97. The van der Waals surface area contributed by atoms with Gasteiger partial charge >= 0.3 is 0 Å². The van der Waals surface area contributed by atoms with Crippen LogP contribution >= 0.6 is 11.3 Å². The van der Waals surface area contributed by atoms with E-state index in [4.69, 9.17) is 5.10 Å². The van der Waals surface area contributed by atoms with Crippen LogP contribution in [0.1, 0.15) is 16.5 Å². The maximum absolute atomic E-state index is 4.98. The molecule has 0 spiro atoms.